The summed E-state index contributed by atoms with van der Waals surface area (Å²) in [5.74, 6) is 0. The highest BCUT2D eigenvalue weighted by Crippen LogP contribution is 1.76. The molecule has 52 valence electrons. The molecule has 0 aliphatic heterocycles. The molecule has 0 bridgehead atoms. The Hall–Kier alpha value is 0.137. The quantitative estimate of drug-likeness (QED) is 0.491. The Morgan fingerprint density at radius 3 is 1.50 bits per heavy atom. The van der Waals surface area contributed by atoms with E-state index in [4.69, 9.17) is 4.43 Å². The van der Waals surface area contributed by atoms with Gasteiger partial charge >= 0.3 is 0 Å². The number of rotatable bonds is 1. The highest BCUT2D eigenvalue weighted by molar-refractivity contribution is 5.98. The fourth-order valence-corrected chi connectivity index (χ4v) is 0. The predicted octanol–water partition coefficient (Wildman–Crippen LogP) is -0.473. The summed E-state index contributed by atoms with van der Waals surface area (Å²) in [6.07, 6.45) is 0.446. The molecule has 0 radical (unpaired) electrons. The molecule has 8 heavy (non-hydrogen) atoms. The van der Waals surface area contributed by atoms with Crippen molar-refractivity contribution in [3.8, 4) is 0 Å². The summed E-state index contributed by atoms with van der Waals surface area (Å²) in [6.45, 7) is 4.07. The molecule has 0 aliphatic rings. The van der Waals surface area contributed by atoms with Crippen molar-refractivity contribution in [3.63, 3.8) is 0 Å². The van der Waals surface area contributed by atoms with Gasteiger partial charge in [0.05, 0.1) is 0 Å². The summed E-state index contributed by atoms with van der Waals surface area (Å²) in [4.78, 5) is 0. The van der Waals surface area contributed by atoms with Crippen molar-refractivity contribution < 1.29 is 4.43 Å². The van der Waals surface area contributed by atoms with Crippen LogP contribution in [0.4, 0.5) is 0 Å². The van der Waals surface area contributed by atoms with E-state index in [9.17, 15) is 0 Å². The SMILES string of the molecule is CC(C)O[SiH3].CNC. The maximum absolute atomic E-state index is 4.89. The van der Waals surface area contributed by atoms with Gasteiger partial charge < -0.3 is 9.74 Å². The topological polar surface area (TPSA) is 21.3 Å². The van der Waals surface area contributed by atoms with Crippen molar-refractivity contribution >= 4 is 10.5 Å². The second-order valence-corrected chi connectivity index (χ2v) is 2.26. The second-order valence-electron chi connectivity index (χ2n) is 1.78. The zero-order valence-electron chi connectivity index (χ0n) is 6.49. The highest BCUT2D eigenvalue weighted by atomic mass is 28.2. The van der Waals surface area contributed by atoms with Crippen LogP contribution in [-0.4, -0.2) is 30.7 Å². The van der Waals surface area contributed by atoms with Crippen LogP contribution >= 0.6 is 0 Å². The Bertz CT molecular complexity index is 33.6. The molecular formula is C5H17NOSi. The van der Waals surface area contributed by atoms with Crippen LogP contribution in [0.2, 0.25) is 0 Å². The molecular weight excluding hydrogens is 118 g/mol. The number of hydrogen-bond acceptors (Lipinski definition) is 2. The van der Waals surface area contributed by atoms with Gasteiger partial charge in [0.15, 0.2) is 0 Å². The van der Waals surface area contributed by atoms with Gasteiger partial charge in [-0.1, -0.05) is 0 Å². The molecule has 0 aromatic heterocycles. The summed E-state index contributed by atoms with van der Waals surface area (Å²) in [5.41, 5.74) is 0. The monoisotopic (exact) mass is 135 g/mol. The minimum atomic E-state index is 0.446. The van der Waals surface area contributed by atoms with E-state index in [0.29, 0.717) is 6.10 Å². The first-order chi connectivity index (χ1) is 3.68. The standard InChI is InChI=1S/C3H10OSi.C2H7N/c1-3(2)4-5;1-3-2/h3H,1-2,5H3;3H,1-2H3. The summed E-state index contributed by atoms with van der Waals surface area (Å²) < 4.78 is 4.89. The van der Waals surface area contributed by atoms with E-state index in [0.717, 1.165) is 10.5 Å². The Balaban J connectivity index is 0. The van der Waals surface area contributed by atoms with Gasteiger partial charge in [-0.25, -0.2) is 0 Å². The van der Waals surface area contributed by atoms with Crippen LogP contribution in [0.3, 0.4) is 0 Å². The molecule has 0 aromatic carbocycles. The molecule has 0 heterocycles. The molecule has 0 unspecified atom stereocenters. The van der Waals surface area contributed by atoms with Crippen LogP contribution in [0.5, 0.6) is 0 Å². The predicted molar refractivity (Wildman–Crippen MR) is 41.1 cm³/mol. The Morgan fingerprint density at radius 2 is 1.50 bits per heavy atom. The summed E-state index contributed by atoms with van der Waals surface area (Å²) >= 11 is 0. The Morgan fingerprint density at radius 1 is 1.38 bits per heavy atom. The van der Waals surface area contributed by atoms with Gasteiger partial charge in [-0.05, 0) is 27.9 Å². The second kappa shape index (κ2) is 10.2. The molecule has 0 saturated heterocycles. The van der Waals surface area contributed by atoms with E-state index in [1.54, 1.807) is 0 Å². The first kappa shape index (κ1) is 11.0. The van der Waals surface area contributed by atoms with Crippen LogP contribution in [0.25, 0.3) is 0 Å². The van der Waals surface area contributed by atoms with Gasteiger partial charge in [0.1, 0.15) is 10.5 Å². The fourth-order valence-electron chi connectivity index (χ4n) is 0. The molecule has 0 aliphatic carbocycles. The third kappa shape index (κ3) is 35.5. The fraction of sp³-hybridized carbons (Fsp3) is 1.00. The van der Waals surface area contributed by atoms with E-state index in [2.05, 4.69) is 5.32 Å². The van der Waals surface area contributed by atoms with Crippen LogP contribution in [0.1, 0.15) is 13.8 Å². The first-order valence-corrected chi connectivity index (χ1v) is 3.62. The van der Waals surface area contributed by atoms with Crippen LogP contribution in [0, 0.1) is 0 Å². The third-order valence-electron chi connectivity index (χ3n) is 0.471. The largest absolute Gasteiger partial charge is 0.426 e. The Labute approximate surface area is 55.2 Å². The molecule has 0 rings (SSSR count). The molecule has 1 N–H and O–H groups in total. The lowest BCUT2D eigenvalue weighted by Gasteiger charge is -1.95. The van der Waals surface area contributed by atoms with E-state index >= 15 is 0 Å². The van der Waals surface area contributed by atoms with Gasteiger partial charge in [-0.15, -0.1) is 0 Å². The van der Waals surface area contributed by atoms with Crippen molar-refractivity contribution in [1.29, 1.82) is 0 Å². The van der Waals surface area contributed by atoms with Gasteiger partial charge in [-0.3, -0.25) is 0 Å². The van der Waals surface area contributed by atoms with E-state index in [1.807, 2.05) is 27.9 Å². The molecule has 0 spiro atoms. The van der Waals surface area contributed by atoms with Crippen LogP contribution in [-0.2, 0) is 4.43 Å². The van der Waals surface area contributed by atoms with Crippen molar-refractivity contribution in [3.05, 3.63) is 0 Å². The van der Waals surface area contributed by atoms with Crippen molar-refractivity contribution in [1.82, 2.24) is 5.32 Å². The highest BCUT2D eigenvalue weighted by Gasteiger charge is 1.77. The zero-order valence-corrected chi connectivity index (χ0v) is 8.49. The van der Waals surface area contributed by atoms with Gasteiger partial charge in [0, 0.05) is 6.10 Å². The summed E-state index contributed by atoms with van der Waals surface area (Å²) in [6, 6.07) is 0. The average Bonchev–Trinajstić information content (AvgIpc) is 1.69. The minimum absolute atomic E-state index is 0.446. The lowest BCUT2D eigenvalue weighted by Crippen LogP contribution is -1.95. The van der Waals surface area contributed by atoms with E-state index in [1.165, 1.54) is 0 Å². The maximum Gasteiger partial charge on any atom is 0.146 e. The summed E-state index contributed by atoms with van der Waals surface area (Å²) in [5, 5.41) is 2.75. The lowest BCUT2D eigenvalue weighted by molar-refractivity contribution is 0.267. The van der Waals surface area contributed by atoms with Crippen molar-refractivity contribution in [2.45, 2.75) is 20.0 Å². The molecule has 0 fully saturated rings. The maximum atomic E-state index is 4.89. The number of hydrogen-bond donors (Lipinski definition) is 1. The van der Waals surface area contributed by atoms with Crippen molar-refractivity contribution in [2.75, 3.05) is 14.1 Å². The van der Waals surface area contributed by atoms with Gasteiger partial charge in [-0.2, -0.15) is 0 Å². The third-order valence-corrected chi connectivity index (χ3v) is 1.41. The Kier molecular flexibility index (Phi) is 14.0. The van der Waals surface area contributed by atoms with E-state index in [-0.39, 0.29) is 0 Å². The minimum Gasteiger partial charge on any atom is -0.426 e. The smallest absolute Gasteiger partial charge is 0.146 e. The van der Waals surface area contributed by atoms with Gasteiger partial charge in [0.25, 0.3) is 0 Å². The first-order valence-electron chi connectivity index (χ1n) is 2.80. The molecule has 0 aromatic rings. The average molecular weight is 135 g/mol. The molecule has 0 saturated carbocycles. The zero-order chi connectivity index (χ0) is 6.99. The van der Waals surface area contributed by atoms with E-state index < -0.39 is 0 Å². The van der Waals surface area contributed by atoms with Crippen molar-refractivity contribution in [2.24, 2.45) is 0 Å². The molecule has 3 heteroatoms. The van der Waals surface area contributed by atoms with Crippen LogP contribution in [0.15, 0.2) is 0 Å². The number of nitrogens with one attached hydrogen (secondary N) is 1. The normalized spacial score (nSPS) is 8.62. The lowest BCUT2D eigenvalue weighted by atomic mass is 10.5. The molecule has 0 atom stereocenters. The van der Waals surface area contributed by atoms with Crippen LogP contribution < -0.4 is 5.32 Å². The molecule has 0 amide bonds. The van der Waals surface area contributed by atoms with Gasteiger partial charge in [0.2, 0.25) is 0 Å². The summed E-state index contributed by atoms with van der Waals surface area (Å²) in [7, 11) is 4.62. The molecule has 2 nitrogen and oxygen atoms in total.